The number of hydrogen-bond donors (Lipinski definition) is 1. The van der Waals surface area contributed by atoms with E-state index in [2.05, 4.69) is 21.2 Å². The fourth-order valence-corrected chi connectivity index (χ4v) is 6.73. The summed E-state index contributed by atoms with van der Waals surface area (Å²) in [6.45, 7) is 3.18. The molecule has 4 rings (SSSR count). The molecule has 1 N–H and O–H groups in total. The van der Waals surface area contributed by atoms with Crippen LogP contribution in [0.25, 0.3) is 0 Å². The van der Waals surface area contributed by atoms with Gasteiger partial charge in [-0.3, -0.25) is 13.9 Å². The molecule has 0 spiro atoms. The molecule has 7 nitrogen and oxygen atoms in total. The summed E-state index contributed by atoms with van der Waals surface area (Å²) in [7, 11) is -4.14. The van der Waals surface area contributed by atoms with Gasteiger partial charge in [-0.15, -0.1) is 0 Å². The van der Waals surface area contributed by atoms with Crippen molar-refractivity contribution in [2.75, 3.05) is 10.8 Å². The molecule has 1 atom stereocenters. The van der Waals surface area contributed by atoms with Gasteiger partial charge in [-0.1, -0.05) is 65.5 Å². The second-order valence-electron chi connectivity index (χ2n) is 10.4. The topological polar surface area (TPSA) is 86.8 Å². The fraction of sp³-hybridized carbons (Fsp3) is 0.355. The van der Waals surface area contributed by atoms with Gasteiger partial charge in [-0.25, -0.2) is 12.8 Å². The summed E-state index contributed by atoms with van der Waals surface area (Å²) < 4.78 is 43.3. The molecule has 0 bridgehead atoms. The van der Waals surface area contributed by atoms with Crippen molar-refractivity contribution in [1.29, 1.82) is 0 Å². The molecule has 3 aromatic carbocycles. The molecule has 0 aromatic heterocycles. The second-order valence-corrected chi connectivity index (χ2v) is 13.1. The van der Waals surface area contributed by atoms with Gasteiger partial charge in [0.1, 0.15) is 18.4 Å². The summed E-state index contributed by atoms with van der Waals surface area (Å²) in [4.78, 5) is 29.0. The smallest absolute Gasteiger partial charge is 0.264 e. The molecule has 218 valence electrons. The van der Waals surface area contributed by atoms with Crippen molar-refractivity contribution < 1.29 is 22.4 Å². The van der Waals surface area contributed by atoms with Crippen LogP contribution in [0.1, 0.15) is 50.2 Å². The minimum Gasteiger partial charge on any atom is -0.352 e. The first-order chi connectivity index (χ1) is 19.6. The lowest BCUT2D eigenvalue weighted by molar-refractivity contribution is -0.140. The van der Waals surface area contributed by atoms with E-state index < -0.39 is 34.3 Å². The van der Waals surface area contributed by atoms with Gasteiger partial charge in [0.2, 0.25) is 11.8 Å². The van der Waals surface area contributed by atoms with Crippen LogP contribution in [0.3, 0.4) is 0 Å². The molecule has 1 fully saturated rings. The Hall–Kier alpha value is -3.24. The van der Waals surface area contributed by atoms with Gasteiger partial charge in [0.15, 0.2) is 0 Å². The highest BCUT2D eigenvalue weighted by Gasteiger charge is 2.34. The number of rotatable bonds is 11. The molecule has 3 aromatic rings. The van der Waals surface area contributed by atoms with E-state index >= 15 is 0 Å². The predicted molar refractivity (Wildman–Crippen MR) is 161 cm³/mol. The van der Waals surface area contributed by atoms with E-state index in [1.165, 1.54) is 29.2 Å². The van der Waals surface area contributed by atoms with E-state index in [-0.39, 0.29) is 23.4 Å². The maximum absolute atomic E-state index is 14.1. The van der Waals surface area contributed by atoms with Crippen LogP contribution in [0.5, 0.6) is 0 Å². The zero-order valence-corrected chi connectivity index (χ0v) is 25.6. The quantitative estimate of drug-likeness (QED) is 0.279. The summed E-state index contributed by atoms with van der Waals surface area (Å²) >= 11 is 3.38. The molecule has 0 unspecified atom stereocenters. The zero-order valence-electron chi connectivity index (χ0n) is 23.2. The van der Waals surface area contributed by atoms with Gasteiger partial charge in [0, 0.05) is 17.1 Å². The molecule has 41 heavy (non-hydrogen) atoms. The number of nitrogens with one attached hydrogen (secondary N) is 1. The van der Waals surface area contributed by atoms with Gasteiger partial charge in [-0.05, 0) is 80.3 Å². The van der Waals surface area contributed by atoms with E-state index in [9.17, 15) is 22.4 Å². The predicted octanol–water partition coefficient (Wildman–Crippen LogP) is 5.96. The van der Waals surface area contributed by atoms with Crippen molar-refractivity contribution in [3.8, 4) is 0 Å². The largest absolute Gasteiger partial charge is 0.352 e. The van der Waals surface area contributed by atoms with Gasteiger partial charge in [0.25, 0.3) is 10.0 Å². The third-order valence-electron chi connectivity index (χ3n) is 7.36. The summed E-state index contributed by atoms with van der Waals surface area (Å²) in [6.07, 6.45) is 4.19. The number of hydrogen-bond acceptors (Lipinski definition) is 4. The summed E-state index contributed by atoms with van der Waals surface area (Å²) in [5.74, 6) is -1.23. The van der Waals surface area contributed by atoms with Crippen molar-refractivity contribution in [2.24, 2.45) is 0 Å². The second kappa shape index (κ2) is 13.6. The summed E-state index contributed by atoms with van der Waals surface area (Å²) in [5.41, 5.74) is 1.84. The maximum atomic E-state index is 14.1. The third kappa shape index (κ3) is 7.74. The molecule has 1 saturated carbocycles. The highest BCUT2D eigenvalue weighted by molar-refractivity contribution is 9.10. The molecular weight excluding hydrogens is 609 g/mol. The van der Waals surface area contributed by atoms with Crippen LogP contribution in [-0.4, -0.2) is 43.8 Å². The first kappa shape index (κ1) is 30.7. The standard InChI is InChI=1S/C31H35BrFN3O4S/c1-3-29(31(38)34-26-6-4-5-7-26)35(20-23-10-14-25(33)15-11-23)30(37)21-36(27-16-12-24(32)13-17-27)41(39,40)28-18-8-22(2)9-19-28/h8-19,26,29H,3-7,20-21H2,1-2H3,(H,34,38)/t29-/m1/s1. The van der Waals surface area contributed by atoms with Gasteiger partial charge < -0.3 is 10.2 Å². The normalized spacial score (nSPS) is 14.4. The van der Waals surface area contributed by atoms with E-state index in [4.69, 9.17) is 0 Å². The van der Waals surface area contributed by atoms with Crippen LogP contribution < -0.4 is 9.62 Å². The van der Waals surface area contributed by atoms with Crippen LogP contribution in [0.2, 0.25) is 0 Å². The molecule has 2 amide bonds. The van der Waals surface area contributed by atoms with Crippen LogP contribution in [0, 0.1) is 12.7 Å². The molecule has 0 aliphatic heterocycles. The van der Waals surface area contributed by atoms with Gasteiger partial charge in [0.05, 0.1) is 10.6 Å². The first-order valence-electron chi connectivity index (χ1n) is 13.8. The molecule has 10 heteroatoms. The number of nitrogens with zero attached hydrogens (tertiary/aromatic N) is 2. The average molecular weight is 645 g/mol. The number of benzene rings is 3. The molecule has 0 radical (unpaired) electrons. The van der Waals surface area contributed by atoms with Crippen LogP contribution >= 0.6 is 15.9 Å². The number of amides is 2. The molecular formula is C31H35BrFN3O4S. The van der Waals surface area contributed by atoms with Gasteiger partial charge in [-0.2, -0.15) is 0 Å². The lowest BCUT2D eigenvalue weighted by atomic mass is 10.1. The number of halogens is 2. The number of carbonyl (C=O) groups is 2. The minimum absolute atomic E-state index is 0.0223. The van der Waals surface area contributed by atoms with E-state index in [1.54, 1.807) is 48.5 Å². The Morgan fingerprint density at radius 2 is 1.59 bits per heavy atom. The molecule has 1 aliphatic carbocycles. The maximum Gasteiger partial charge on any atom is 0.264 e. The summed E-state index contributed by atoms with van der Waals surface area (Å²) in [5, 5.41) is 3.08. The highest BCUT2D eigenvalue weighted by Crippen LogP contribution is 2.27. The molecule has 1 aliphatic rings. The van der Waals surface area contributed by atoms with Crippen molar-refractivity contribution >= 4 is 43.5 Å². The number of sulfonamides is 1. The van der Waals surface area contributed by atoms with Crippen molar-refractivity contribution in [2.45, 2.75) is 69.5 Å². The Kier molecular flexibility index (Phi) is 10.2. The Morgan fingerprint density at radius 3 is 2.17 bits per heavy atom. The number of anilines is 1. The third-order valence-corrected chi connectivity index (χ3v) is 9.67. The minimum atomic E-state index is -4.14. The van der Waals surface area contributed by atoms with Crippen molar-refractivity contribution in [1.82, 2.24) is 10.2 Å². The molecule has 0 saturated heterocycles. The lowest BCUT2D eigenvalue weighted by Gasteiger charge is -2.33. The Morgan fingerprint density at radius 1 is 0.976 bits per heavy atom. The van der Waals surface area contributed by atoms with Gasteiger partial charge >= 0.3 is 0 Å². The van der Waals surface area contributed by atoms with Crippen molar-refractivity contribution in [3.63, 3.8) is 0 Å². The SMILES string of the molecule is CC[C@H](C(=O)NC1CCCC1)N(Cc1ccc(F)cc1)C(=O)CN(c1ccc(Br)cc1)S(=O)(=O)c1ccc(C)cc1. The van der Waals surface area contributed by atoms with E-state index in [1.807, 2.05) is 13.8 Å². The van der Waals surface area contributed by atoms with Crippen LogP contribution in [0.4, 0.5) is 10.1 Å². The summed E-state index contributed by atoms with van der Waals surface area (Å²) in [6, 6.07) is 18.0. The van der Waals surface area contributed by atoms with Crippen LogP contribution in [-0.2, 0) is 26.2 Å². The van der Waals surface area contributed by atoms with Crippen LogP contribution in [0.15, 0.2) is 82.2 Å². The van der Waals surface area contributed by atoms with E-state index in [0.717, 1.165) is 40.0 Å². The average Bonchev–Trinajstić information content (AvgIpc) is 3.46. The Balaban J connectivity index is 1.70. The monoisotopic (exact) mass is 643 g/mol. The first-order valence-corrected chi connectivity index (χ1v) is 16.0. The number of aryl methyl sites for hydroxylation is 1. The number of carbonyl (C=O) groups excluding carboxylic acids is 2. The Labute approximate surface area is 249 Å². The van der Waals surface area contributed by atoms with E-state index in [0.29, 0.717) is 17.7 Å². The zero-order chi connectivity index (χ0) is 29.6. The lowest BCUT2D eigenvalue weighted by Crippen LogP contribution is -2.53. The fourth-order valence-electron chi connectivity index (χ4n) is 5.05. The highest BCUT2D eigenvalue weighted by atomic mass is 79.9. The van der Waals surface area contributed by atoms with Crippen molar-refractivity contribution in [3.05, 3.63) is 94.2 Å². The Bertz CT molecular complexity index is 1440. The molecule has 0 heterocycles.